The van der Waals surface area contributed by atoms with E-state index in [9.17, 15) is 9.50 Å². The van der Waals surface area contributed by atoms with Crippen molar-refractivity contribution in [3.8, 4) is 5.75 Å². The number of halogens is 1. The molecule has 0 aliphatic heterocycles. The zero-order chi connectivity index (χ0) is 12.1. The third-order valence-electron chi connectivity index (χ3n) is 2.33. The molecule has 0 amide bonds. The molecule has 0 saturated heterocycles. The SMILES string of the molecule is CC(NCC(O)CO)c1cc(F)ccc1O. The molecule has 0 aromatic heterocycles. The third kappa shape index (κ3) is 3.44. The second-order valence-electron chi connectivity index (χ2n) is 3.67. The minimum absolute atomic E-state index is 0.000103. The van der Waals surface area contributed by atoms with Crippen LogP contribution in [-0.4, -0.2) is 34.6 Å². The Kier molecular flexibility index (Phi) is 4.67. The van der Waals surface area contributed by atoms with E-state index in [2.05, 4.69) is 5.32 Å². The number of phenols is 1. The second-order valence-corrected chi connectivity index (χ2v) is 3.67. The first-order valence-corrected chi connectivity index (χ1v) is 5.05. The summed E-state index contributed by atoms with van der Waals surface area (Å²) in [5.74, 6) is -0.427. The maximum absolute atomic E-state index is 12.9. The number of aliphatic hydroxyl groups excluding tert-OH is 2. The van der Waals surface area contributed by atoms with E-state index < -0.39 is 11.9 Å². The molecule has 2 atom stereocenters. The van der Waals surface area contributed by atoms with Gasteiger partial charge in [-0.3, -0.25) is 0 Å². The van der Waals surface area contributed by atoms with Gasteiger partial charge in [0.2, 0.25) is 0 Å². The highest BCUT2D eigenvalue weighted by Gasteiger charge is 2.12. The van der Waals surface area contributed by atoms with Gasteiger partial charge in [0.15, 0.2) is 0 Å². The standard InChI is InChI=1S/C11H16FNO3/c1-7(13-5-9(15)6-14)10-4-8(12)2-3-11(10)16/h2-4,7,9,13-16H,5-6H2,1H3. The van der Waals surface area contributed by atoms with Crippen LogP contribution in [0.1, 0.15) is 18.5 Å². The van der Waals surface area contributed by atoms with Gasteiger partial charge >= 0.3 is 0 Å². The lowest BCUT2D eigenvalue weighted by Gasteiger charge is -2.17. The lowest BCUT2D eigenvalue weighted by atomic mass is 10.1. The zero-order valence-electron chi connectivity index (χ0n) is 9.02. The Bertz CT molecular complexity index is 346. The van der Waals surface area contributed by atoms with Crippen LogP contribution >= 0.6 is 0 Å². The monoisotopic (exact) mass is 229 g/mol. The van der Waals surface area contributed by atoms with Crippen LogP contribution in [0.3, 0.4) is 0 Å². The summed E-state index contributed by atoms with van der Waals surface area (Å²) in [6.07, 6.45) is -0.863. The van der Waals surface area contributed by atoms with Crippen molar-refractivity contribution in [3.05, 3.63) is 29.6 Å². The fourth-order valence-electron chi connectivity index (χ4n) is 1.36. The van der Waals surface area contributed by atoms with Gasteiger partial charge in [0.25, 0.3) is 0 Å². The van der Waals surface area contributed by atoms with E-state index in [1.54, 1.807) is 6.92 Å². The van der Waals surface area contributed by atoms with Crippen LogP contribution in [0.4, 0.5) is 4.39 Å². The molecule has 5 heteroatoms. The summed E-state index contributed by atoms with van der Waals surface area (Å²) in [6, 6.07) is 3.38. The van der Waals surface area contributed by atoms with Gasteiger partial charge in [-0.1, -0.05) is 0 Å². The molecule has 1 rings (SSSR count). The van der Waals surface area contributed by atoms with Crippen LogP contribution in [0.15, 0.2) is 18.2 Å². The first kappa shape index (κ1) is 12.9. The van der Waals surface area contributed by atoms with Crippen molar-refractivity contribution < 1.29 is 19.7 Å². The highest BCUT2D eigenvalue weighted by Crippen LogP contribution is 2.24. The molecule has 0 saturated carbocycles. The average Bonchev–Trinajstić information content (AvgIpc) is 2.28. The van der Waals surface area contributed by atoms with Crippen LogP contribution < -0.4 is 5.32 Å². The van der Waals surface area contributed by atoms with E-state index >= 15 is 0 Å². The molecule has 4 N–H and O–H groups in total. The smallest absolute Gasteiger partial charge is 0.123 e. The molecule has 16 heavy (non-hydrogen) atoms. The minimum Gasteiger partial charge on any atom is -0.508 e. The summed E-state index contributed by atoms with van der Waals surface area (Å²) < 4.78 is 12.9. The molecular formula is C11H16FNO3. The summed E-state index contributed by atoms with van der Waals surface area (Å²) in [4.78, 5) is 0. The lowest BCUT2D eigenvalue weighted by molar-refractivity contribution is 0.0923. The Labute approximate surface area is 93.4 Å². The highest BCUT2D eigenvalue weighted by atomic mass is 19.1. The number of aromatic hydroxyl groups is 1. The van der Waals surface area contributed by atoms with E-state index in [-0.39, 0.29) is 24.9 Å². The molecule has 1 aromatic carbocycles. The van der Waals surface area contributed by atoms with Crippen LogP contribution in [-0.2, 0) is 0 Å². The summed E-state index contributed by atoms with van der Waals surface area (Å²) >= 11 is 0. The molecule has 0 spiro atoms. The summed E-state index contributed by atoms with van der Waals surface area (Å²) in [5, 5.41) is 30.1. The minimum atomic E-state index is -0.863. The van der Waals surface area contributed by atoms with Gasteiger partial charge in [0.1, 0.15) is 11.6 Å². The van der Waals surface area contributed by atoms with Crippen molar-refractivity contribution in [1.29, 1.82) is 0 Å². The third-order valence-corrected chi connectivity index (χ3v) is 2.33. The highest BCUT2D eigenvalue weighted by molar-refractivity contribution is 5.34. The zero-order valence-corrected chi connectivity index (χ0v) is 9.02. The van der Waals surface area contributed by atoms with Crippen molar-refractivity contribution in [2.24, 2.45) is 0 Å². The van der Waals surface area contributed by atoms with Gasteiger partial charge in [0, 0.05) is 18.2 Å². The molecule has 4 nitrogen and oxygen atoms in total. The first-order valence-electron chi connectivity index (χ1n) is 5.05. The molecule has 0 radical (unpaired) electrons. The molecule has 0 heterocycles. The fourth-order valence-corrected chi connectivity index (χ4v) is 1.36. The van der Waals surface area contributed by atoms with E-state index in [1.165, 1.54) is 18.2 Å². The normalized spacial score (nSPS) is 14.8. The maximum atomic E-state index is 12.9. The number of benzene rings is 1. The van der Waals surface area contributed by atoms with Gasteiger partial charge in [0.05, 0.1) is 12.7 Å². The van der Waals surface area contributed by atoms with Gasteiger partial charge < -0.3 is 20.6 Å². The maximum Gasteiger partial charge on any atom is 0.123 e. The number of hydrogen-bond donors (Lipinski definition) is 4. The van der Waals surface area contributed by atoms with Crippen LogP contribution in [0.2, 0.25) is 0 Å². The van der Waals surface area contributed by atoms with Crippen LogP contribution in [0, 0.1) is 5.82 Å². The van der Waals surface area contributed by atoms with Gasteiger partial charge in [-0.05, 0) is 25.1 Å². The number of hydrogen-bond acceptors (Lipinski definition) is 4. The molecule has 0 aliphatic carbocycles. The molecule has 90 valence electrons. The van der Waals surface area contributed by atoms with E-state index in [1.807, 2.05) is 0 Å². The number of aliphatic hydroxyl groups is 2. The quantitative estimate of drug-likeness (QED) is 0.594. The van der Waals surface area contributed by atoms with Crippen molar-refractivity contribution >= 4 is 0 Å². The predicted molar refractivity (Wildman–Crippen MR) is 57.6 cm³/mol. The van der Waals surface area contributed by atoms with Crippen molar-refractivity contribution in [3.63, 3.8) is 0 Å². The lowest BCUT2D eigenvalue weighted by Crippen LogP contribution is -2.31. The summed E-state index contributed by atoms with van der Waals surface area (Å²) in [5.41, 5.74) is 0.421. The van der Waals surface area contributed by atoms with E-state index in [4.69, 9.17) is 10.2 Å². The van der Waals surface area contributed by atoms with Crippen molar-refractivity contribution in [2.45, 2.75) is 19.1 Å². The van der Waals surface area contributed by atoms with Crippen molar-refractivity contribution in [1.82, 2.24) is 5.32 Å². The number of phenolic OH excluding ortho intramolecular Hbond substituents is 1. The fraction of sp³-hybridized carbons (Fsp3) is 0.455. The van der Waals surface area contributed by atoms with E-state index in [0.717, 1.165) is 0 Å². The largest absolute Gasteiger partial charge is 0.508 e. The van der Waals surface area contributed by atoms with Gasteiger partial charge in [-0.25, -0.2) is 4.39 Å². The molecule has 0 aliphatic rings. The topological polar surface area (TPSA) is 72.7 Å². The second kappa shape index (κ2) is 5.79. The molecular weight excluding hydrogens is 213 g/mol. The Morgan fingerprint density at radius 1 is 1.44 bits per heavy atom. The van der Waals surface area contributed by atoms with Gasteiger partial charge in [-0.15, -0.1) is 0 Å². The van der Waals surface area contributed by atoms with Crippen LogP contribution in [0.25, 0.3) is 0 Å². The van der Waals surface area contributed by atoms with Crippen molar-refractivity contribution in [2.75, 3.05) is 13.2 Å². The predicted octanol–water partition coefficient (Wildman–Crippen LogP) is 0.535. The molecule has 0 fully saturated rings. The Balaban J connectivity index is 2.65. The Hall–Kier alpha value is -1.17. The molecule has 2 unspecified atom stereocenters. The number of rotatable bonds is 5. The van der Waals surface area contributed by atoms with Crippen LogP contribution in [0.5, 0.6) is 5.75 Å². The average molecular weight is 229 g/mol. The molecule has 0 bridgehead atoms. The number of nitrogens with one attached hydrogen (secondary N) is 1. The molecule has 1 aromatic rings. The summed E-state index contributed by atoms with van der Waals surface area (Å²) in [7, 11) is 0. The van der Waals surface area contributed by atoms with E-state index in [0.29, 0.717) is 5.56 Å². The Morgan fingerprint density at radius 2 is 2.12 bits per heavy atom. The summed E-state index contributed by atoms with van der Waals surface area (Å²) in [6.45, 7) is 1.57. The Morgan fingerprint density at radius 3 is 2.75 bits per heavy atom. The van der Waals surface area contributed by atoms with Gasteiger partial charge in [-0.2, -0.15) is 0 Å². The first-order chi connectivity index (χ1) is 7.54.